The smallest absolute Gasteiger partial charge is 0.341 e. The van der Waals surface area contributed by atoms with Gasteiger partial charge in [-0.25, -0.2) is 9.79 Å². The number of nitrogens with zero attached hydrogens (tertiary/aromatic N) is 3. The van der Waals surface area contributed by atoms with E-state index in [1.54, 1.807) is 18.3 Å². The van der Waals surface area contributed by atoms with Crippen molar-refractivity contribution in [2.45, 2.75) is 26.6 Å². The Morgan fingerprint density at radius 1 is 1.09 bits per heavy atom. The van der Waals surface area contributed by atoms with Crippen LogP contribution in [-0.4, -0.2) is 42.5 Å². The van der Waals surface area contributed by atoms with Gasteiger partial charge >= 0.3 is 5.97 Å². The molecule has 2 aromatic carbocycles. The summed E-state index contributed by atoms with van der Waals surface area (Å²) in [7, 11) is 2.88. The first-order chi connectivity index (χ1) is 15.6. The first-order valence-corrected chi connectivity index (χ1v) is 10.5. The van der Waals surface area contributed by atoms with E-state index in [-0.39, 0.29) is 24.0 Å². The quantitative estimate of drug-likeness (QED) is 0.179. The first-order valence-electron chi connectivity index (χ1n) is 10.5. The van der Waals surface area contributed by atoms with Crippen molar-refractivity contribution in [2.75, 3.05) is 20.8 Å². The monoisotopic (exact) mass is 563 g/mol. The lowest BCUT2D eigenvalue weighted by molar-refractivity contribution is 0.0597. The first kappa shape index (κ1) is 26.2. The molecular weight excluding hydrogens is 533 g/mol. The number of rotatable bonds is 9. The average molecular weight is 563 g/mol. The number of carbonyl (C=O) groups is 1. The Kier molecular flexibility index (Phi) is 10.7. The second kappa shape index (κ2) is 13.5. The zero-order valence-electron chi connectivity index (χ0n) is 19.1. The normalized spacial score (nSPS) is 10.8. The third-order valence-corrected chi connectivity index (χ3v) is 4.89. The second-order valence-corrected chi connectivity index (χ2v) is 7.05. The molecule has 0 aliphatic rings. The number of ether oxygens (including phenoxy) is 2. The van der Waals surface area contributed by atoms with E-state index in [9.17, 15) is 4.79 Å². The number of carbonyl (C=O) groups excluding carboxylic acids is 1. The summed E-state index contributed by atoms with van der Waals surface area (Å²) in [6.07, 6.45) is 3.73. The molecule has 3 aromatic rings. The number of esters is 1. The van der Waals surface area contributed by atoms with Gasteiger partial charge in [0.1, 0.15) is 11.3 Å². The zero-order chi connectivity index (χ0) is 22.8. The lowest BCUT2D eigenvalue weighted by atomic mass is 10.1. The van der Waals surface area contributed by atoms with Gasteiger partial charge in [-0.2, -0.15) is 5.10 Å². The molecule has 0 saturated carbocycles. The van der Waals surface area contributed by atoms with Crippen LogP contribution in [0, 0.1) is 0 Å². The van der Waals surface area contributed by atoms with Gasteiger partial charge in [-0.1, -0.05) is 30.3 Å². The number of methoxy groups -OCH3 is 2. The van der Waals surface area contributed by atoms with Crippen LogP contribution < -0.4 is 15.4 Å². The Morgan fingerprint density at radius 3 is 2.55 bits per heavy atom. The van der Waals surface area contributed by atoms with Crippen molar-refractivity contribution in [3.63, 3.8) is 0 Å². The fourth-order valence-electron chi connectivity index (χ4n) is 3.27. The number of aromatic nitrogens is 2. The minimum Gasteiger partial charge on any atom is -0.496 e. The van der Waals surface area contributed by atoms with Gasteiger partial charge in [0.25, 0.3) is 0 Å². The van der Waals surface area contributed by atoms with Crippen LogP contribution in [0.15, 0.2) is 65.9 Å². The highest BCUT2D eigenvalue weighted by atomic mass is 127. The van der Waals surface area contributed by atoms with Gasteiger partial charge in [0.15, 0.2) is 5.96 Å². The molecule has 0 atom stereocenters. The van der Waals surface area contributed by atoms with Crippen LogP contribution >= 0.6 is 24.0 Å². The van der Waals surface area contributed by atoms with E-state index in [2.05, 4.69) is 32.9 Å². The summed E-state index contributed by atoms with van der Waals surface area (Å²) in [4.78, 5) is 16.7. The molecular formula is C24H30IN5O3. The zero-order valence-corrected chi connectivity index (χ0v) is 21.4. The highest BCUT2D eigenvalue weighted by Gasteiger charge is 2.13. The Labute approximate surface area is 211 Å². The third kappa shape index (κ3) is 7.48. The molecule has 0 radical (unpaired) electrons. The average Bonchev–Trinajstić information content (AvgIpc) is 3.34. The van der Waals surface area contributed by atoms with Gasteiger partial charge in [-0.15, -0.1) is 24.0 Å². The molecule has 2 N–H and O–H groups in total. The molecule has 1 aromatic heterocycles. The van der Waals surface area contributed by atoms with E-state index < -0.39 is 5.97 Å². The molecule has 3 rings (SSSR count). The van der Waals surface area contributed by atoms with Crippen molar-refractivity contribution >= 4 is 35.9 Å². The van der Waals surface area contributed by atoms with E-state index in [1.807, 2.05) is 42.1 Å². The summed E-state index contributed by atoms with van der Waals surface area (Å²) in [5.41, 5.74) is 3.62. The summed E-state index contributed by atoms with van der Waals surface area (Å²) in [6, 6.07) is 15.6. The van der Waals surface area contributed by atoms with Gasteiger partial charge in [0.2, 0.25) is 0 Å². The van der Waals surface area contributed by atoms with Crippen molar-refractivity contribution in [2.24, 2.45) is 4.99 Å². The molecule has 33 heavy (non-hydrogen) atoms. The number of nitrogens with one attached hydrogen (secondary N) is 2. The van der Waals surface area contributed by atoms with Crippen LogP contribution in [0.1, 0.15) is 34.0 Å². The fourth-order valence-corrected chi connectivity index (χ4v) is 3.27. The maximum Gasteiger partial charge on any atom is 0.341 e. The SMILES string of the molecule is CCNC(=NCc1ccc(OC)c(C(=O)OC)c1)NCc1ccccc1Cn1cccn1.I. The van der Waals surface area contributed by atoms with E-state index in [0.717, 1.165) is 12.1 Å². The molecule has 0 amide bonds. The maximum atomic E-state index is 12.0. The van der Waals surface area contributed by atoms with Crippen LogP contribution in [-0.2, 0) is 24.4 Å². The molecule has 0 saturated heterocycles. The van der Waals surface area contributed by atoms with Gasteiger partial charge in [-0.05, 0) is 41.8 Å². The molecule has 176 valence electrons. The second-order valence-electron chi connectivity index (χ2n) is 7.05. The van der Waals surface area contributed by atoms with Gasteiger partial charge < -0.3 is 20.1 Å². The molecule has 0 unspecified atom stereocenters. The molecule has 0 bridgehead atoms. The van der Waals surface area contributed by atoms with Crippen molar-refractivity contribution in [1.29, 1.82) is 0 Å². The summed E-state index contributed by atoms with van der Waals surface area (Å²) in [6.45, 7) is 4.49. The predicted octanol–water partition coefficient (Wildman–Crippen LogP) is 3.60. The van der Waals surface area contributed by atoms with E-state index in [0.29, 0.717) is 36.9 Å². The summed E-state index contributed by atoms with van der Waals surface area (Å²) in [5.74, 6) is 0.728. The van der Waals surface area contributed by atoms with E-state index >= 15 is 0 Å². The number of aliphatic imine (C=N–C) groups is 1. The highest BCUT2D eigenvalue weighted by Crippen LogP contribution is 2.21. The summed E-state index contributed by atoms with van der Waals surface area (Å²) >= 11 is 0. The summed E-state index contributed by atoms with van der Waals surface area (Å²) in [5, 5.41) is 11.0. The number of guanidine groups is 1. The molecule has 0 spiro atoms. The molecule has 0 aliphatic heterocycles. The predicted molar refractivity (Wildman–Crippen MR) is 139 cm³/mol. The van der Waals surface area contributed by atoms with Crippen LogP contribution in [0.3, 0.4) is 0 Å². The molecule has 1 heterocycles. The Balaban J connectivity index is 0.00000385. The fraction of sp³-hybridized carbons (Fsp3) is 0.292. The van der Waals surface area contributed by atoms with Gasteiger partial charge in [-0.3, -0.25) is 4.68 Å². The number of halogens is 1. The highest BCUT2D eigenvalue weighted by molar-refractivity contribution is 14.0. The Bertz CT molecular complexity index is 1050. The van der Waals surface area contributed by atoms with E-state index in [1.165, 1.54) is 25.3 Å². The van der Waals surface area contributed by atoms with Crippen molar-refractivity contribution < 1.29 is 14.3 Å². The molecule has 0 fully saturated rings. The Hall–Kier alpha value is -3.08. The van der Waals surface area contributed by atoms with Gasteiger partial charge in [0.05, 0.1) is 27.3 Å². The van der Waals surface area contributed by atoms with Crippen LogP contribution in [0.2, 0.25) is 0 Å². The molecule has 8 nitrogen and oxygen atoms in total. The van der Waals surface area contributed by atoms with Crippen molar-refractivity contribution in [1.82, 2.24) is 20.4 Å². The number of hydrogen-bond acceptors (Lipinski definition) is 5. The minimum atomic E-state index is -0.438. The third-order valence-electron chi connectivity index (χ3n) is 4.89. The van der Waals surface area contributed by atoms with Gasteiger partial charge in [0, 0.05) is 25.5 Å². The maximum absolute atomic E-state index is 12.0. The Morgan fingerprint density at radius 2 is 1.88 bits per heavy atom. The minimum absolute atomic E-state index is 0. The van der Waals surface area contributed by atoms with Crippen molar-refractivity contribution in [3.8, 4) is 5.75 Å². The van der Waals surface area contributed by atoms with E-state index in [4.69, 9.17) is 9.47 Å². The van der Waals surface area contributed by atoms with Crippen molar-refractivity contribution in [3.05, 3.63) is 83.2 Å². The largest absolute Gasteiger partial charge is 0.496 e. The van der Waals surface area contributed by atoms with Crippen LogP contribution in [0.5, 0.6) is 5.75 Å². The topological polar surface area (TPSA) is 89.8 Å². The summed E-state index contributed by atoms with van der Waals surface area (Å²) < 4.78 is 12.0. The lowest BCUT2D eigenvalue weighted by Gasteiger charge is -2.14. The van der Waals surface area contributed by atoms with Crippen LogP contribution in [0.4, 0.5) is 0 Å². The standard InChI is InChI=1S/C24H29N5O3.HI/c1-4-25-24(26-15-18-10-11-22(31-2)21(14-18)23(30)32-3)27-16-19-8-5-6-9-20(19)17-29-13-7-12-28-29;/h5-14H,4,15-17H2,1-3H3,(H2,25,26,27);1H. The lowest BCUT2D eigenvalue weighted by Crippen LogP contribution is -2.37. The van der Waals surface area contributed by atoms with Crippen LogP contribution in [0.25, 0.3) is 0 Å². The number of hydrogen-bond donors (Lipinski definition) is 2. The molecule has 0 aliphatic carbocycles. The molecule has 9 heteroatoms. The number of benzene rings is 2.